The van der Waals surface area contributed by atoms with Crippen molar-refractivity contribution in [3.63, 3.8) is 0 Å². The summed E-state index contributed by atoms with van der Waals surface area (Å²) >= 11 is 0. The van der Waals surface area contributed by atoms with E-state index in [-0.39, 0.29) is 29.6 Å². The number of hydrogen-bond donors (Lipinski definition) is 2. The number of likely N-dealkylation sites (N-methyl/N-ethyl adjacent to an activating group) is 1. The number of amides is 1. The number of benzene rings is 2. The van der Waals surface area contributed by atoms with Gasteiger partial charge in [-0.2, -0.15) is 0 Å². The molecular weight excluding hydrogens is 280 g/mol. The van der Waals surface area contributed by atoms with Crippen molar-refractivity contribution in [2.24, 2.45) is 0 Å². The molecule has 0 spiro atoms. The summed E-state index contributed by atoms with van der Waals surface area (Å²) in [6.07, 6.45) is 0. The first-order valence-electron chi connectivity index (χ1n) is 7.02. The fourth-order valence-electron chi connectivity index (χ4n) is 2.64. The lowest BCUT2D eigenvalue weighted by atomic mass is 9.83. The van der Waals surface area contributed by atoms with Crippen LogP contribution in [0.4, 0.5) is 5.69 Å². The lowest BCUT2D eigenvalue weighted by Gasteiger charge is -2.20. The van der Waals surface area contributed by atoms with Crippen molar-refractivity contribution in [3.8, 4) is 0 Å². The highest BCUT2D eigenvalue weighted by Crippen LogP contribution is 2.31. The Hall–Kier alpha value is -2.79. The van der Waals surface area contributed by atoms with Crippen molar-refractivity contribution >= 4 is 23.2 Å². The van der Waals surface area contributed by atoms with Gasteiger partial charge in [0.1, 0.15) is 0 Å². The van der Waals surface area contributed by atoms with Gasteiger partial charge in [0.2, 0.25) is 0 Å². The van der Waals surface area contributed by atoms with Crippen molar-refractivity contribution in [3.05, 3.63) is 64.7 Å². The number of fused-ring (bicyclic) bond motifs is 2. The molecule has 0 saturated heterocycles. The molecule has 0 saturated carbocycles. The van der Waals surface area contributed by atoms with Crippen LogP contribution in [0.15, 0.2) is 42.5 Å². The van der Waals surface area contributed by atoms with Crippen LogP contribution in [0.25, 0.3) is 0 Å². The van der Waals surface area contributed by atoms with E-state index < -0.39 is 0 Å². The average molecular weight is 295 g/mol. The molecule has 5 heteroatoms. The molecule has 3 N–H and O–H groups in total. The zero-order chi connectivity index (χ0) is 15.7. The second-order valence-electron chi connectivity index (χ2n) is 5.09. The van der Waals surface area contributed by atoms with E-state index in [9.17, 15) is 14.4 Å². The largest absolute Gasteiger partial charge is 0.341 e. The number of rotatable bonds is 3. The molecule has 0 bridgehead atoms. The summed E-state index contributed by atoms with van der Waals surface area (Å²) in [6, 6.07) is 11.7. The maximum absolute atomic E-state index is 12.7. The minimum absolute atomic E-state index is 0.191. The summed E-state index contributed by atoms with van der Waals surface area (Å²) in [5, 5.41) is 4.44. The van der Waals surface area contributed by atoms with E-state index in [2.05, 4.69) is 5.32 Å². The second kappa shape index (κ2) is 5.54. The van der Waals surface area contributed by atoms with Gasteiger partial charge >= 0.3 is 0 Å². The average Bonchev–Trinajstić information content (AvgIpc) is 2.53. The van der Waals surface area contributed by atoms with E-state index in [1.54, 1.807) is 54.8 Å². The topological polar surface area (TPSA) is 79.8 Å². The molecule has 2 aromatic carbocycles. The Kier molecular flexibility index (Phi) is 3.56. The van der Waals surface area contributed by atoms with Crippen LogP contribution in [-0.4, -0.2) is 31.1 Å². The third-order valence-corrected chi connectivity index (χ3v) is 3.62. The predicted octanol–water partition coefficient (Wildman–Crippen LogP) is 0.594. The maximum atomic E-state index is 12.7. The summed E-state index contributed by atoms with van der Waals surface area (Å²) in [5.41, 5.74) is 1.78. The molecule has 2 aromatic rings. The molecule has 1 aliphatic carbocycles. The van der Waals surface area contributed by atoms with Crippen molar-refractivity contribution in [2.75, 3.05) is 18.9 Å². The quantitative estimate of drug-likeness (QED) is 0.742. The number of nitrogens with one attached hydrogen (secondary N) is 1. The Balaban J connectivity index is 2.11. The lowest BCUT2D eigenvalue weighted by Crippen LogP contribution is -2.82. The van der Waals surface area contributed by atoms with E-state index in [0.717, 1.165) is 0 Å². The van der Waals surface area contributed by atoms with Crippen LogP contribution in [0, 0.1) is 0 Å². The van der Waals surface area contributed by atoms with Gasteiger partial charge in [0.05, 0.1) is 18.3 Å². The Morgan fingerprint density at radius 1 is 0.955 bits per heavy atom. The molecule has 22 heavy (non-hydrogen) atoms. The van der Waals surface area contributed by atoms with Crippen molar-refractivity contribution < 1.29 is 19.7 Å². The van der Waals surface area contributed by atoms with Crippen LogP contribution in [0.2, 0.25) is 0 Å². The van der Waals surface area contributed by atoms with Gasteiger partial charge in [0.15, 0.2) is 18.1 Å². The number of nitrogens with two attached hydrogens (primary N) is 1. The molecule has 0 fully saturated rings. The van der Waals surface area contributed by atoms with Crippen LogP contribution in [0.5, 0.6) is 0 Å². The van der Waals surface area contributed by atoms with Gasteiger partial charge in [0.25, 0.3) is 5.91 Å². The van der Waals surface area contributed by atoms with Crippen molar-refractivity contribution in [1.29, 1.82) is 0 Å². The molecule has 1 aliphatic rings. The number of hydrogen-bond acceptors (Lipinski definition) is 3. The fraction of sp³-hybridized carbons (Fsp3) is 0.118. The minimum Gasteiger partial charge on any atom is -0.341 e. The molecule has 5 nitrogen and oxygen atoms in total. The van der Waals surface area contributed by atoms with E-state index >= 15 is 0 Å². The normalized spacial score (nSPS) is 12.6. The number of carbonyl (C=O) groups excluding carboxylic acids is 3. The van der Waals surface area contributed by atoms with E-state index in [0.29, 0.717) is 22.4 Å². The maximum Gasteiger partial charge on any atom is 0.279 e. The predicted molar refractivity (Wildman–Crippen MR) is 81.1 cm³/mol. The standard InChI is InChI=1S/C17H14N2O3/c1-18-9-14(20)19-13-8-4-7-12-15(13)17(22)11-6-3-2-5-10(11)16(12)21/h2-8,18H,9H2,1H3,(H,19,20)/p+1. The van der Waals surface area contributed by atoms with Crippen LogP contribution in [0.1, 0.15) is 31.8 Å². The highest BCUT2D eigenvalue weighted by Gasteiger charge is 2.31. The molecule has 110 valence electrons. The van der Waals surface area contributed by atoms with Gasteiger partial charge in [-0.05, 0) is 6.07 Å². The smallest absolute Gasteiger partial charge is 0.279 e. The van der Waals surface area contributed by atoms with Crippen LogP contribution >= 0.6 is 0 Å². The van der Waals surface area contributed by atoms with Gasteiger partial charge in [-0.3, -0.25) is 14.4 Å². The molecule has 0 radical (unpaired) electrons. The summed E-state index contributed by atoms with van der Waals surface area (Å²) < 4.78 is 0. The van der Waals surface area contributed by atoms with Gasteiger partial charge in [-0.1, -0.05) is 36.4 Å². The molecular formula is C17H15N2O3+. The van der Waals surface area contributed by atoms with Crippen molar-refractivity contribution in [1.82, 2.24) is 0 Å². The highest BCUT2D eigenvalue weighted by molar-refractivity contribution is 6.30. The summed E-state index contributed by atoms with van der Waals surface area (Å²) in [6.45, 7) is 0.252. The number of carbonyl (C=O) groups is 3. The van der Waals surface area contributed by atoms with E-state index in [1.165, 1.54) is 0 Å². The van der Waals surface area contributed by atoms with Crippen LogP contribution in [-0.2, 0) is 4.79 Å². The Labute approximate surface area is 127 Å². The monoisotopic (exact) mass is 295 g/mol. The Morgan fingerprint density at radius 3 is 2.27 bits per heavy atom. The van der Waals surface area contributed by atoms with Crippen LogP contribution < -0.4 is 10.6 Å². The molecule has 0 atom stereocenters. The molecule has 0 unspecified atom stereocenters. The molecule has 0 aliphatic heterocycles. The van der Waals surface area contributed by atoms with Gasteiger partial charge in [-0.15, -0.1) is 0 Å². The first-order chi connectivity index (χ1) is 10.6. The highest BCUT2D eigenvalue weighted by atomic mass is 16.2. The lowest BCUT2D eigenvalue weighted by molar-refractivity contribution is -0.615. The number of anilines is 1. The number of ketones is 2. The van der Waals surface area contributed by atoms with E-state index in [1.807, 2.05) is 0 Å². The summed E-state index contributed by atoms with van der Waals surface area (Å²) in [5.74, 6) is -0.639. The third-order valence-electron chi connectivity index (χ3n) is 3.62. The third kappa shape index (κ3) is 2.21. The first kappa shape index (κ1) is 14.2. The van der Waals surface area contributed by atoms with Gasteiger partial charge in [0, 0.05) is 16.7 Å². The SMILES string of the molecule is C[NH2+]CC(=O)Nc1cccc2c1C(=O)c1ccccc1C2=O. The van der Waals surface area contributed by atoms with Gasteiger partial charge in [-0.25, -0.2) is 0 Å². The Morgan fingerprint density at radius 2 is 1.59 bits per heavy atom. The summed E-state index contributed by atoms with van der Waals surface area (Å²) in [4.78, 5) is 37.0. The summed E-state index contributed by atoms with van der Waals surface area (Å²) in [7, 11) is 1.78. The number of quaternary nitrogens is 1. The van der Waals surface area contributed by atoms with Crippen molar-refractivity contribution in [2.45, 2.75) is 0 Å². The fourth-order valence-corrected chi connectivity index (χ4v) is 2.64. The second-order valence-corrected chi connectivity index (χ2v) is 5.09. The van der Waals surface area contributed by atoms with E-state index in [4.69, 9.17) is 0 Å². The zero-order valence-corrected chi connectivity index (χ0v) is 12.1. The zero-order valence-electron chi connectivity index (χ0n) is 12.1. The first-order valence-corrected chi connectivity index (χ1v) is 7.02. The molecule has 0 aromatic heterocycles. The van der Waals surface area contributed by atoms with Gasteiger partial charge < -0.3 is 10.6 Å². The molecule has 3 rings (SSSR count). The molecule has 1 amide bonds. The Bertz CT molecular complexity index is 796. The van der Waals surface area contributed by atoms with Crippen LogP contribution in [0.3, 0.4) is 0 Å². The minimum atomic E-state index is -0.235. The molecule has 0 heterocycles.